The van der Waals surface area contributed by atoms with Crippen molar-refractivity contribution < 1.29 is 9.66 Å². The second-order valence-electron chi connectivity index (χ2n) is 3.53. The number of benzene rings is 1. The van der Waals surface area contributed by atoms with Crippen molar-refractivity contribution in [3.05, 3.63) is 34.4 Å². The largest absolute Gasteiger partial charge is 0.378 e. The molecule has 1 aliphatic rings. The van der Waals surface area contributed by atoms with Crippen molar-refractivity contribution in [3.8, 4) is 0 Å². The fourth-order valence-corrected chi connectivity index (χ4v) is 1.40. The minimum Gasteiger partial charge on any atom is -0.378 e. The third kappa shape index (κ3) is 3.22. The Labute approximate surface area is 97.8 Å². The van der Waals surface area contributed by atoms with Gasteiger partial charge < -0.3 is 4.74 Å². The Bertz CT molecular complexity index is 412. The molecule has 0 N–H and O–H groups in total. The molecule has 0 aromatic heterocycles. The van der Waals surface area contributed by atoms with E-state index in [1.807, 2.05) is 5.01 Å². The fraction of sp³-hybridized carbons (Fsp3) is 0.400. The van der Waals surface area contributed by atoms with E-state index < -0.39 is 4.92 Å². The van der Waals surface area contributed by atoms with Crippen LogP contribution in [0.5, 0.6) is 0 Å². The predicted octanol–water partition coefficient (Wildman–Crippen LogP) is 1.93. The first-order valence-electron chi connectivity index (χ1n) is 5.24. The van der Waals surface area contributed by atoms with Crippen LogP contribution in [0.2, 0.25) is 0 Å². The van der Waals surface area contributed by atoms with Crippen LogP contribution in [0.3, 0.4) is 0 Å². The van der Waals surface area contributed by atoms with E-state index in [2.05, 4.69) is 10.3 Å². The first-order chi connectivity index (χ1) is 8.25. The van der Waals surface area contributed by atoms with Crippen LogP contribution in [-0.2, 0) is 4.74 Å². The molecule has 0 radical (unpaired) electrons. The zero-order valence-electron chi connectivity index (χ0n) is 9.15. The summed E-state index contributed by atoms with van der Waals surface area (Å²) in [7, 11) is 0. The molecule has 7 nitrogen and oxygen atoms in total. The lowest BCUT2D eigenvalue weighted by Crippen LogP contribution is -2.31. The molecule has 0 amide bonds. The Morgan fingerprint density at radius 3 is 2.47 bits per heavy atom. The van der Waals surface area contributed by atoms with Gasteiger partial charge in [-0.2, -0.15) is 0 Å². The van der Waals surface area contributed by atoms with E-state index >= 15 is 0 Å². The number of rotatable bonds is 3. The van der Waals surface area contributed by atoms with Crippen LogP contribution in [0.25, 0.3) is 0 Å². The number of non-ortho nitro benzene ring substituents is 1. The summed E-state index contributed by atoms with van der Waals surface area (Å²) in [6.45, 7) is 2.74. The van der Waals surface area contributed by atoms with Gasteiger partial charge in [-0.1, -0.05) is 5.22 Å². The van der Waals surface area contributed by atoms with Crippen molar-refractivity contribution in [3.63, 3.8) is 0 Å². The third-order valence-electron chi connectivity index (χ3n) is 2.33. The van der Waals surface area contributed by atoms with E-state index in [9.17, 15) is 10.1 Å². The number of nitrogens with zero attached hydrogens (tertiary/aromatic N) is 4. The Hall–Kier alpha value is -2.02. The van der Waals surface area contributed by atoms with Gasteiger partial charge in [-0.25, -0.2) is 0 Å². The van der Waals surface area contributed by atoms with Crippen molar-refractivity contribution in [2.45, 2.75) is 0 Å². The molecule has 2 rings (SSSR count). The normalized spacial score (nSPS) is 16.4. The van der Waals surface area contributed by atoms with Gasteiger partial charge in [-0.05, 0) is 12.1 Å². The van der Waals surface area contributed by atoms with E-state index in [4.69, 9.17) is 4.74 Å². The highest BCUT2D eigenvalue weighted by Gasteiger charge is 2.07. The summed E-state index contributed by atoms with van der Waals surface area (Å²) in [5, 5.41) is 20.3. The number of ether oxygens (including phenoxy) is 1. The highest BCUT2D eigenvalue weighted by molar-refractivity contribution is 5.43. The number of hydrogen-bond donors (Lipinski definition) is 0. The third-order valence-corrected chi connectivity index (χ3v) is 2.33. The molecule has 1 saturated heterocycles. The summed E-state index contributed by atoms with van der Waals surface area (Å²) in [4.78, 5) is 10.0. The smallest absolute Gasteiger partial charge is 0.269 e. The minimum atomic E-state index is -0.442. The number of hydrogen-bond acceptors (Lipinski definition) is 5. The van der Waals surface area contributed by atoms with Gasteiger partial charge in [-0.15, -0.1) is 5.11 Å². The first kappa shape index (κ1) is 11.5. The lowest BCUT2D eigenvalue weighted by Gasteiger charge is -2.22. The molecule has 0 bridgehead atoms. The average Bonchev–Trinajstić information content (AvgIpc) is 2.38. The van der Waals surface area contributed by atoms with Crippen molar-refractivity contribution in [2.24, 2.45) is 10.3 Å². The van der Waals surface area contributed by atoms with Crippen molar-refractivity contribution in [1.82, 2.24) is 5.01 Å². The number of nitro benzene ring substituents is 1. The molecule has 0 atom stereocenters. The van der Waals surface area contributed by atoms with Gasteiger partial charge in [0.15, 0.2) is 0 Å². The number of morpholine rings is 1. The molecular weight excluding hydrogens is 224 g/mol. The SMILES string of the molecule is O=[N+]([O-])c1ccc(N=NN2CCOCC2)cc1. The molecular formula is C10H12N4O3. The van der Waals surface area contributed by atoms with Gasteiger partial charge in [0.1, 0.15) is 0 Å². The van der Waals surface area contributed by atoms with E-state index in [1.54, 1.807) is 12.1 Å². The van der Waals surface area contributed by atoms with E-state index in [1.165, 1.54) is 12.1 Å². The summed E-state index contributed by atoms with van der Waals surface area (Å²) in [6.07, 6.45) is 0. The van der Waals surface area contributed by atoms with Crippen LogP contribution in [0.1, 0.15) is 0 Å². The molecule has 17 heavy (non-hydrogen) atoms. The molecule has 90 valence electrons. The summed E-state index contributed by atoms with van der Waals surface area (Å²) < 4.78 is 5.18. The molecule has 0 saturated carbocycles. The molecule has 1 fully saturated rings. The predicted molar refractivity (Wildman–Crippen MR) is 60.0 cm³/mol. The summed E-state index contributed by atoms with van der Waals surface area (Å²) in [6, 6.07) is 5.96. The first-order valence-corrected chi connectivity index (χ1v) is 5.24. The molecule has 1 aromatic rings. The summed E-state index contributed by atoms with van der Waals surface area (Å²) in [5.74, 6) is 0. The zero-order valence-corrected chi connectivity index (χ0v) is 9.15. The molecule has 0 aliphatic carbocycles. The zero-order chi connectivity index (χ0) is 12.1. The van der Waals surface area contributed by atoms with Crippen LogP contribution in [0, 0.1) is 10.1 Å². The second kappa shape index (κ2) is 5.35. The Kier molecular flexibility index (Phi) is 3.61. The highest BCUT2D eigenvalue weighted by Crippen LogP contribution is 2.18. The van der Waals surface area contributed by atoms with Crippen molar-refractivity contribution in [2.75, 3.05) is 26.3 Å². The maximum Gasteiger partial charge on any atom is 0.269 e. The van der Waals surface area contributed by atoms with E-state index in [0.717, 1.165) is 13.1 Å². The standard InChI is InChI=1S/C10H12N4O3/c15-14(16)10-3-1-9(2-4-10)11-12-13-5-7-17-8-6-13/h1-4H,5-8H2. The molecule has 0 unspecified atom stereocenters. The Morgan fingerprint density at radius 2 is 1.88 bits per heavy atom. The number of nitro groups is 1. The van der Waals surface area contributed by atoms with Gasteiger partial charge in [0.05, 0.1) is 36.9 Å². The molecule has 0 spiro atoms. The van der Waals surface area contributed by atoms with Gasteiger partial charge in [0.25, 0.3) is 5.69 Å². The highest BCUT2D eigenvalue weighted by atomic mass is 16.6. The van der Waals surface area contributed by atoms with Crippen molar-refractivity contribution >= 4 is 11.4 Å². The Balaban J connectivity index is 1.98. The van der Waals surface area contributed by atoms with E-state index in [0.29, 0.717) is 18.9 Å². The average molecular weight is 236 g/mol. The molecule has 7 heteroatoms. The topological polar surface area (TPSA) is 80.3 Å². The molecule has 1 aliphatic heterocycles. The lowest BCUT2D eigenvalue weighted by molar-refractivity contribution is -0.384. The second-order valence-corrected chi connectivity index (χ2v) is 3.53. The maximum absolute atomic E-state index is 10.4. The van der Waals surface area contributed by atoms with Crippen LogP contribution < -0.4 is 0 Å². The monoisotopic (exact) mass is 236 g/mol. The minimum absolute atomic E-state index is 0.0512. The van der Waals surface area contributed by atoms with Crippen LogP contribution in [0.4, 0.5) is 11.4 Å². The van der Waals surface area contributed by atoms with Gasteiger partial charge in [-0.3, -0.25) is 15.1 Å². The van der Waals surface area contributed by atoms with Gasteiger partial charge in [0.2, 0.25) is 0 Å². The van der Waals surface area contributed by atoms with Crippen LogP contribution >= 0.6 is 0 Å². The van der Waals surface area contributed by atoms with Crippen molar-refractivity contribution in [1.29, 1.82) is 0 Å². The molecule has 1 aromatic carbocycles. The summed E-state index contributed by atoms with van der Waals surface area (Å²) >= 11 is 0. The van der Waals surface area contributed by atoms with E-state index in [-0.39, 0.29) is 5.69 Å². The van der Waals surface area contributed by atoms with Crippen LogP contribution in [-0.4, -0.2) is 36.2 Å². The van der Waals surface area contributed by atoms with Gasteiger partial charge in [0, 0.05) is 12.1 Å². The summed E-state index contributed by atoms with van der Waals surface area (Å²) in [5.41, 5.74) is 0.650. The van der Waals surface area contributed by atoms with Gasteiger partial charge >= 0.3 is 0 Å². The maximum atomic E-state index is 10.4. The quantitative estimate of drug-likeness (QED) is 0.456. The molecule has 1 heterocycles. The fourth-order valence-electron chi connectivity index (χ4n) is 1.40. The van der Waals surface area contributed by atoms with Crippen LogP contribution in [0.15, 0.2) is 34.6 Å². The lowest BCUT2D eigenvalue weighted by atomic mass is 10.3. The Morgan fingerprint density at radius 1 is 1.24 bits per heavy atom.